The topological polar surface area (TPSA) is 62.3 Å². The van der Waals surface area contributed by atoms with Crippen LogP contribution in [0.15, 0.2) is 47.8 Å². The van der Waals surface area contributed by atoms with Crippen molar-refractivity contribution in [1.29, 1.82) is 0 Å². The molecule has 0 radical (unpaired) electrons. The minimum atomic E-state index is -0.293. The SMILES string of the molecule is CCCCCCCCCCCCCCCCCCCCCC(=O)OCN1C(=O)CC(C)(C)c2ccc(OCCCCN3CCN(c4cccc5sccc45)CC3)cc21. The zero-order chi connectivity index (χ0) is 40.8. The molecule has 7 nitrogen and oxygen atoms in total. The number of nitrogens with zero attached hydrogens (tertiary/aromatic N) is 3. The molecule has 1 aromatic heterocycles. The van der Waals surface area contributed by atoms with Crippen LogP contribution in [0.3, 0.4) is 0 Å². The van der Waals surface area contributed by atoms with Gasteiger partial charge in [-0.05, 0) is 61.0 Å². The Morgan fingerprint density at radius 2 is 1.33 bits per heavy atom. The monoisotopic (exact) mass is 816 g/mol. The molecule has 0 atom stereocenters. The van der Waals surface area contributed by atoms with E-state index in [1.807, 2.05) is 23.5 Å². The minimum Gasteiger partial charge on any atom is -0.494 e. The number of anilines is 2. The summed E-state index contributed by atoms with van der Waals surface area (Å²) in [6.07, 6.45) is 28.1. The zero-order valence-electron chi connectivity index (χ0n) is 36.7. The summed E-state index contributed by atoms with van der Waals surface area (Å²) in [6, 6.07) is 15.0. The van der Waals surface area contributed by atoms with E-state index in [1.165, 1.54) is 125 Å². The fourth-order valence-electron chi connectivity index (χ4n) is 8.89. The Morgan fingerprint density at radius 3 is 1.97 bits per heavy atom. The van der Waals surface area contributed by atoms with Gasteiger partial charge in [0.2, 0.25) is 5.91 Å². The highest BCUT2D eigenvalue weighted by Gasteiger charge is 2.37. The van der Waals surface area contributed by atoms with Gasteiger partial charge in [-0.15, -0.1) is 11.3 Å². The van der Waals surface area contributed by atoms with Crippen molar-refractivity contribution in [2.24, 2.45) is 0 Å². The number of unbranched alkanes of at least 4 members (excludes halogenated alkanes) is 19. The third-order valence-corrected chi connectivity index (χ3v) is 13.4. The zero-order valence-corrected chi connectivity index (χ0v) is 37.5. The molecule has 0 spiro atoms. The molecular weight excluding hydrogens is 739 g/mol. The van der Waals surface area contributed by atoms with Gasteiger partial charge in [0.15, 0.2) is 6.73 Å². The fraction of sp³-hybridized carbons (Fsp3) is 0.680. The number of piperazine rings is 1. The molecule has 0 saturated carbocycles. The van der Waals surface area contributed by atoms with Crippen molar-refractivity contribution in [2.75, 3.05) is 55.9 Å². The van der Waals surface area contributed by atoms with Gasteiger partial charge in [0.05, 0.1) is 12.3 Å². The van der Waals surface area contributed by atoms with E-state index in [9.17, 15) is 9.59 Å². The van der Waals surface area contributed by atoms with E-state index in [2.05, 4.69) is 66.3 Å². The molecule has 3 aromatic rings. The number of hydrogen-bond acceptors (Lipinski definition) is 7. The number of esters is 1. The lowest BCUT2D eigenvalue weighted by Gasteiger charge is -2.38. The second-order valence-corrected chi connectivity index (χ2v) is 18.8. The maximum Gasteiger partial charge on any atom is 0.307 e. The summed E-state index contributed by atoms with van der Waals surface area (Å²) in [5.74, 6) is 0.517. The first kappa shape index (κ1) is 46.0. The van der Waals surface area contributed by atoms with Gasteiger partial charge >= 0.3 is 5.97 Å². The molecule has 3 heterocycles. The van der Waals surface area contributed by atoms with Crippen molar-refractivity contribution >= 4 is 44.7 Å². The molecule has 0 N–H and O–H groups in total. The highest BCUT2D eigenvalue weighted by atomic mass is 32.1. The quantitative estimate of drug-likeness (QED) is 0.0514. The van der Waals surface area contributed by atoms with E-state index in [-0.39, 0.29) is 24.0 Å². The van der Waals surface area contributed by atoms with Crippen LogP contribution >= 0.6 is 11.3 Å². The molecule has 1 saturated heterocycles. The van der Waals surface area contributed by atoms with Gasteiger partial charge in [0.1, 0.15) is 5.75 Å². The average Bonchev–Trinajstić information content (AvgIpc) is 3.71. The normalized spacial score (nSPS) is 15.6. The summed E-state index contributed by atoms with van der Waals surface area (Å²) < 4.78 is 13.3. The lowest BCUT2D eigenvalue weighted by Crippen LogP contribution is -2.46. The van der Waals surface area contributed by atoms with Gasteiger partial charge in [-0.2, -0.15) is 0 Å². The molecule has 8 heteroatoms. The number of thiophene rings is 1. The van der Waals surface area contributed by atoms with Crippen LogP contribution in [0, 0.1) is 0 Å². The molecule has 322 valence electrons. The molecule has 0 unspecified atom stereocenters. The number of carbonyl (C=O) groups is 2. The largest absolute Gasteiger partial charge is 0.494 e. The van der Waals surface area contributed by atoms with E-state index in [0.717, 1.165) is 75.4 Å². The Labute approximate surface area is 356 Å². The molecule has 0 bridgehead atoms. The molecule has 2 aliphatic rings. The summed E-state index contributed by atoms with van der Waals surface area (Å²) in [7, 11) is 0. The van der Waals surface area contributed by atoms with Crippen molar-refractivity contribution in [1.82, 2.24) is 4.90 Å². The number of amides is 1. The van der Waals surface area contributed by atoms with E-state index in [4.69, 9.17) is 9.47 Å². The molecule has 2 aromatic carbocycles. The molecule has 5 rings (SSSR count). The van der Waals surface area contributed by atoms with E-state index < -0.39 is 0 Å². The minimum absolute atomic E-state index is 0.0157. The summed E-state index contributed by atoms with van der Waals surface area (Å²) in [5, 5.41) is 3.56. The maximum absolute atomic E-state index is 13.3. The standard InChI is InChI=1S/C50H77N3O4S/c1-4-5-6-7-8-9-10-11-12-13-14-15-16-17-18-19-20-21-22-28-49(55)57-41-53-46-39-42(29-30-44(46)50(2,3)40-48(53)54)56-37-24-23-32-51-33-35-52(36-34-51)45-26-25-27-47-43(45)31-38-58-47/h25-27,29-31,38-39H,4-24,28,32-37,40-41H2,1-3H3. The van der Waals surface area contributed by atoms with Crippen LogP contribution in [0.2, 0.25) is 0 Å². The van der Waals surface area contributed by atoms with Gasteiger partial charge in [-0.3, -0.25) is 19.4 Å². The maximum atomic E-state index is 13.3. The first-order chi connectivity index (χ1) is 28.4. The van der Waals surface area contributed by atoms with Crippen molar-refractivity contribution in [3.05, 3.63) is 53.4 Å². The number of hydrogen-bond donors (Lipinski definition) is 0. The highest BCUT2D eigenvalue weighted by molar-refractivity contribution is 7.17. The predicted octanol–water partition coefficient (Wildman–Crippen LogP) is 13.2. The van der Waals surface area contributed by atoms with Crippen molar-refractivity contribution in [3.8, 4) is 5.75 Å². The van der Waals surface area contributed by atoms with E-state index in [0.29, 0.717) is 19.4 Å². The van der Waals surface area contributed by atoms with Crippen LogP contribution < -0.4 is 14.5 Å². The summed E-state index contributed by atoms with van der Waals surface area (Å²) in [4.78, 5) is 32.8. The third-order valence-electron chi connectivity index (χ3n) is 12.5. The fourth-order valence-corrected chi connectivity index (χ4v) is 9.70. The van der Waals surface area contributed by atoms with E-state index >= 15 is 0 Å². The number of benzene rings is 2. The van der Waals surface area contributed by atoms with Gasteiger partial charge in [0, 0.05) is 66.3 Å². The van der Waals surface area contributed by atoms with Crippen LogP contribution in [-0.4, -0.2) is 62.8 Å². The van der Waals surface area contributed by atoms with Crippen LogP contribution in [0.5, 0.6) is 5.75 Å². The number of carbonyl (C=O) groups excluding carboxylic acids is 2. The van der Waals surface area contributed by atoms with Crippen LogP contribution in [0.25, 0.3) is 10.1 Å². The second kappa shape index (κ2) is 25.5. The molecule has 1 fully saturated rings. The van der Waals surface area contributed by atoms with Crippen LogP contribution in [-0.2, 0) is 19.7 Å². The van der Waals surface area contributed by atoms with Gasteiger partial charge < -0.3 is 14.4 Å². The molecule has 58 heavy (non-hydrogen) atoms. The Morgan fingerprint density at radius 1 is 0.707 bits per heavy atom. The highest BCUT2D eigenvalue weighted by Crippen LogP contribution is 2.42. The second-order valence-electron chi connectivity index (χ2n) is 17.8. The van der Waals surface area contributed by atoms with Gasteiger partial charge in [-0.25, -0.2) is 0 Å². The molecule has 1 amide bonds. The number of rotatable bonds is 29. The summed E-state index contributed by atoms with van der Waals surface area (Å²) >= 11 is 1.81. The van der Waals surface area contributed by atoms with Crippen molar-refractivity contribution in [2.45, 2.75) is 174 Å². The lowest BCUT2D eigenvalue weighted by molar-refractivity contribution is -0.144. The Bertz CT molecular complexity index is 1630. The van der Waals surface area contributed by atoms with Crippen molar-refractivity contribution in [3.63, 3.8) is 0 Å². The van der Waals surface area contributed by atoms with Gasteiger partial charge in [-0.1, -0.05) is 148 Å². The third kappa shape index (κ3) is 15.2. The lowest BCUT2D eigenvalue weighted by atomic mass is 9.77. The number of ether oxygens (including phenoxy) is 2. The molecule has 0 aliphatic carbocycles. The average molecular weight is 816 g/mol. The summed E-state index contributed by atoms with van der Waals surface area (Å²) in [6.45, 7) is 12.4. The summed E-state index contributed by atoms with van der Waals surface area (Å²) in [5.41, 5.74) is 2.96. The Balaban J connectivity index is 0.901. The number of fused-ring (bicyclic) bond motifs is 2. The van der Waals surface area contributed by atoms with Crippen LogP contribution in [0.1, 0.15) is 174 Å². The molecular formula is C50H77N3O4S. The first-order valence-electron chi connectivity index (χ1n) is 23.5. The van der Waals surface area contributed by atoms with Gasteiger partial charge in [0.25, 0.3) is 0 Å². The Hall–Kier alpha value is -3.10. The Kier molecular flexibility index (Phi) is 20.2. The van der Waals surface area contributed by atoms with Crippen LogP contribution in [0.4, 0.5) is 11.4 Å². The smallest absolute Gasteiger partial charge is 0.307 e. The van der Waals surface area contributed by atoms with Crippen molar-refractivity contribution < 1.29 is 19.1 Å². The predicted molar refractivity (Wildman–Crippen MR) is 246 cm³/mol. The van der Waals surface area contributed by atoms with E-state index in [1.54, 1.807) is 4.90 Å². The molecule has 2 aliphatic heterocycles. The first-order valence-corrected chi connectivity index (χ1v) is 24.4.